The average molecular weight is 479 g/mol. The molecule has 0 bridgehead atoms. The van der Waals surface area contributed by atoms with Gasteiger partial charge in [-0.3, -0.25) is 4.18 Å². The molecule has 0 fully saturated rings. The molecule has 2 aromatic rings. The Labute approximate surface area is 192 Å². The largest absolute Gasteiger partial charge is 0.460 e. The van der Waals surface area contributed by atoms with Gasteiger partial charge in [-0.15, -0.1) is 0 Å². The summed E-state index contributed by atoms with van der Waals surface area (Å²) < 4.78 is 51.4. The Morgan fingerprint density at radius 3 is 2.09 bits per heavy atom. The van der Waals surface area contributed by atoms with Gasteiger partial charge in [0, 0.05) is 0 Å². The van der Waals surface area contributed by atoms with E-state index in [2.05, 4.69) is 0 Å². The second-order valence-corrected chi connectivity index (χ2v) is 8.99. The lowest BCUT2D eigenvalue weighted by molar-refractivity contribution is -0.202. The van der Waals surface area contributed by atoms with Crippen LogP contribution in [0.5, 0.6) is 11.5 Å². The molecular weight excluding hydrogens is 452 g/mol. The van der Waals surface area contributed by atoms with Crippen LogP contribution < -0.4 is 9.47 Å². The monoisotopic (exact) mass is 478 g/mol. The number of hydrogen-bond acceptors (Lipinski definition) is 9. The van der Waals surface area contributed by atoms with E-state index in [-0.39, 0.29) is 36.0 Å². The lowest BCUT2D eigenvalue weighted by atomic mass is 10.1. The molecular formula is C23H26O9S. The molecule has 0 radical (unpaired) electrons. The van der Waals surface area contributed by atoms with Crippen LogP contribution in [0.3, 0.4) is 0 Å². The van der Waals surface area contributed by atoms with Crippen molar-refractivity contribution in [2.75, 3.05) is 13.2 Å². The van der Waals surface area contributed by atoms with E-state index < -0.39 is 33.9 Å². The fraction of sp³-hybridized carbons (Fsp3) is 0.391. The van der Waals surface area contributed by atoms with Crippen molar-refractivity contribution in [1.29, 1.82) is 0 Å². The molecule has 0 saturated heterocycles. The first-order valence-corrected chi connectivity index (χ1v) is 11.9. The fourth-order valence-electron chi connectivity index (χ4n) is 3.22. The van der Waals surface area contributed by atoms with Crippen LogP contribution in [0, 0.1) is 6.92 Å². The van der Waals surface area contributed by atoms with Crippen molar-refractivity contribution in [1.82, 2.24) is 0 Å². The number of esters is 2. The van der Waals surface area contributed by atoms with Gasteiger partial charge in [0.05, 0.1) is 24.2 Å². The standard InChI is InChI=1S/C23H26O9S/c1-5-28-21(24)23(22(25)29-6-2)30-19-12-9-17(14-20(19)31-23)13-16(4)32-33(26,27)18-10-7-15(3)8-11-18/h7-12,14,16H,5-6,13H2,1-4H3. The van der Waals surface area contributed by atoms with E-state index in [9.17, 15) is 18.0 Å². The first-order valence-electron chi connectivity index (χ1n) is 10.5. The molecule has 2 aromatic carbocycles. The normalized spacial score (nSPS) is 15.0. The van der Waals surface area contributed by atoms with Crippen LogP contribution >= 0.6 is 0 Å². The summed E-state index contributed by atoms with van der Waals surface area (Å²) >= 11 is 0. The number of carbonyl (C=O) groups excluding carboxylic acids is 2. The lowest BCUT2D eigenvalue weighted by Crippen LogP contribution is -2.55. The predicted octanol–water partition coefficient (Wildman–Crippen LogP) is 2.93. The average Bonchev–Trinajstić information content (AvgIpc) is 3.14. The van der Waals surface area contributed by atoms with Crippen molar-refractivity contribution in [3.8, 4) is 11.5 Å². The smallest absolute Gasteiger partial charge is 0.453 e. The fourth-order valence-corrected chi connectivity index (χ4v) is 4.30. The first-order chi connectivity index (χ1) is 15.6. The summed E-state index contributed by atoms with van der Waals surface area (Å²) in [6, 6.07) is 11.1. The molecule has 1 atom stereocenters. The minimum absolute atomic E-state index is 0.0125. The van der Waals surface area contributed by atoms with Crippen LogP contribution in [0.25, 0.3) is 0 Å². The zero-order valence-corrected chi connectivity index (χ0v) is 19.6. The molecule has 0 saturated carbocycles. The summed E-state index contributed by atoms with van der Waals surface area (Å²) in [5.74, 6) is -4.16. The maximum Gasteiger partial charge on any atom is 0.453 e. The number of rotatable bonds is 9. The molecule has 1 aliphatic rings. The van der Waals surface area contributed by atoms with Crippen LogP contribution in [-0.4, -0.2) is 45.5 Å². The van der Waals surface area contributed by atoms with Crippen molar-refractivity contribution in [2.45, 2.75) is 50.9 Å². The Morgan fingerprint density at radius 1 is 0.939 bits per heavy atom. The summed E-state index contributed by atoms with van der Waals surface area (Å²) in [5.41, 5.74) is 1.58. The van der Waals surface area contributed by atoms with Gasteiger partial charge in [0.25, 0.3) is 10.1 Å². The SMILES string of the molecule is CCOC(=O)C1(C(=O)OCC)Oc2ccc(CC(C)OS(=O)(=O)c3ccc(C)cc3)cc2O1. The third-order valence-electron chi connectivity index (χ3n) is 4.73. The summed E-state index contributed by atoms with van der Waals surface area (Å²) in [4.78, 5) is 25.0. The van der Waals surface area contributed by atoms with E-state index in [0.29, 0.717) is 5.56 Å². The minimum atomic E-state index is -3.94. The Bertz CT molecular complexity index is 1110. The van der Waals surface area contributed by atoms with Gasteiger partial charge in [-0.05, 0) is 63.9 Å². The molecule has 1 heterocycles. The van der Waals surface area contributed by atoms with Gasteiger partial charge in [0.1, 0.15) is 0 Å². The van der Waals surface area contributed by atoms with E-state index in [1.807, 2.05) is 6.92 Å². The van der Waals surface area contributed by atoms with E-state index in [1.54, 1.807) is 45.0 Å². The van der Waals surface area contributed by atoms with Crippen molar-refractivity contribution >= 4 is 22.1 Å². The molecule has 1 unspecified atom stereocenters. The summed E-state index contributed by atoms with van der Waals surface area (Å²) in [6.07, 6.45) is -0.482. The quantitative estimate of drug-likeness (QED) is 0.305. The molecule has 0 amide bonds. The highest BCUT2D eigenvalue weighted by atomic mass is 32.2. The van der Waals surface area contributed by atoms with Crippen LogP contribution in [0.15, 0.2) is 47.4 Å². The number of aryl methyl sites for hydroxylation is 1. The van der Waals surface area contributed by atoms with E-state index in [4.69, 9.17) is 23.1 Å². The van der Waals surface area contributed by atoms with E-state index in [0.717, 1.165) is 5.56 Å². The summed E-state index contributed by atoms with van der Waals surface area (Å²) in [5, 5.41) is 0. The number of benzene rings is 2. The number of hydrogen-bond donors (Lipinski definition) is 0. The Hall–Kier alpha value is -3.11. The summed E-state index contributed by atoms with van der Waals surface area (Å²) in [7, 11) is -3.94. The molecule has 33 heavy (non-hydrogen) atoms. The van der Waals surface area contributed by atoms with Gasteiger partial charge < -0.3 is 18.9 Å². The second kappa shape index (κ2) is 9.80. The van der Waals surface area contributed by atoms with Crippen molar-refractivity contribution in [2.24, 2.45) is 0 Å². The highest BCUT2D eigenvalue weighted by Crippen LogP contribution is 2.41. The lowest BCUT2D eigenvalue weighted by Gasteiger charge is -2.22. The predicted molar refractivity (Wildman–Crippen MR) is 116 cm³/mol. The third-order valence-corrected chi connectivity index (χ3v) is 6.16. The molecule has 1 aliphatic heterocycles. The van der Waals surface area contributed by atoms with Crippen molar-refractivity contribution in [3.63, 3.8) is 0 Å². The van der Waals surface area contributed by atoms with E-state index in [1.165, 1.54) is 18.2 Å². The number of ether oxygens (including phenoxy) is 4. The number of fused-ring (bicyclic) bond motifs is 1. The van der Waals surface area contributed by atoms with Crippen molar-refractivity contribution in [3.05, 3.63) is 53.6 Å². The van der Waals surface area contributed by atoms with Gasteiger partial charge in [0.15, 0.2) is 11.5 Å². The molecule has 0 N–H and O–H groups in total. The summed E-state index contributed by atoms with van der Waals surface area (Å²) in [6.45, 7) is 6.68. The number of carbonyl (C=O) groups is 2. The molecule has 9 nitrogen and oxygen atoms in total. The molecule has 178 valence electrons. The zero-order chi connectivity index (χ0) is 24.2. The van der Waals surface area contributed by atoms with Gasteiger partial charge in [0.2, 0.25) is 0 Å². The molecule has 0 spiro atoms. The second-order valence-electron chi connectivity index (χ2n) is 7.42. The van der Waals surface area contributed by atoms with Crippen molar-refractivity contribution < 1.29 is 41.1 Å². The van der Waals surface area contributed by atoms with Gasteiger partial charge in [-0.25, -0.2) is 9.59 Å². The molecule has 10 heteroatoms. The van der Waals surface area contributed by atoms with Gasteiger partial charge >= 0.3 is 17.7 Å². The van der Waals surface area contributed by atoms with Crippen LogP contribution in [0.1, 0.15) is 31.9 Å². The topological polar surface area (TPSA) is 114 Å². The Balaban J connectivity index is 1.76. The highest BCUT2D eigenvalue weighted by Gasteiger charge is 2.59. The molecule has 0 aliphatic carbocycles. The van der Waals surface area contributed by atoms with Crippen LogP contribution in [0.4, 0.5) is 0 Å². The van der Waals surface area contributed by atoms with Crippen LogP contribution in [0.2, 0.25) is 0 Å². The maximum absolute atomic E-state index is 12.5. The molecule has 3 rings (SSSR count). The van der Waals surface area contributed by atoms with Gasteiger partial charge in [-0.2, -0.15) is 8.42 Å². The maximum atomic E-state index is 12.5. The third kappa shape index (κ3) is 5.28. The Kier molecular flexibility index (Phi) is 7.28. The van der Waals surface area contributed by atoms with E-state index >= 15 is 0 Å². The first kappa shape index (κ1) is 24.5. The highest BCUT2D eigenvalue weighted by molar-refractivity contribution is 7.86. The van der Waals surface area contributed by atoms with Gasteiger partial charge in [-0.1, -0.05) is 23.8 Å². The Morgan fingerprint density at radius 2 is 1.52 bits per heavy atom. The molecule has 0 aromatic heterocycles. The zero-order valence-electron chi connectivity index (χ0n) is 18.8. The minimum Gasteiger partial charge on any atom is -0.460 e. The van der Waals surface area contributed by atoms with Crippen LogP contribution in [-0.2, 0) is 39.8 Å².